The molecule has 2 aromatic carbocycles. The van der Waals surface area contributed by atoms with Crippen LogP contribution in [0.1, 0.15) is 61.8 Å². The fourth-order valence-corrected chi connectivity index (χ4v) is 4.18. The van der Waals surface area contributed by atoms with Crippen LogP contribution in [0.15, 0.2) is 42.5 Å². The summed E-state index contributed by atoms with van der Waals surface area (Å²) >= 11 is 0. The van der Waals surface area contributed by atoms with Crippen molar-refractivity contribution in [3.63, 3.8) is 0 Å². The molecule has 1 atom stereocenters. The second-order valence-corrected chi connectivity index (χ2v) is 7.54. The van der Waals surface area contributed by atoms with E-state index in [0.717, 1.165) is 17.5 Å². The van der Waals surface area contributed by atoms with E-state index in [4.69, 9.17) is 4.74 Å². The molecule has 0 amide bonds. The van der Waals surface area contributed by atoms with Crippen LogP contribution < -0.4 is 0 Å². The molecular weight excluding hydrogens is 366 g/mol. The summed E-state index contributed by atoms with van der Waals surface area (Å²) in [4.78, 5) is 28.0. The van der Waals surface area contributed by atoms with Gasteiger partial charge >= 0.3 is 5.97 Å². The lowest BCUT2D eigenvalue weighted by Gasteiger charge is -2.07. The van der Waals surface area contributed by atoms with Gasteiger partial charge in [0.15, 0.2) is 12.4 Å². The molecule has 0 saturated carbocycles. The van der Waals surface area contributed by atoms with Crippen molar-refractivity contribution in [2.75, 3.05) is 6.61 Å². The minimum Gasteiger partial charge on any atom is -0.453 e. The van der Waals surface area contributed by atoms with Crippen LogP contribution in [0.3, 0.4) is 0 Å². The summed E-state index contributed by atoms with van der Waals surface area (Å²) in [5.41, 5.74) is 7.50. The predicted octanol–water partition coefficient (Wildman–Crippen LogP) is 4.30. The van der Waals surface area contributed by atoms with Crippen molar-refractivity contribution >= 4 is 11.8 Å². The van der Waals surface area contributed by atoms with Gasteiger partial charge in [-0.25, -0.2) is 4.79 Å². The lowest BCUT2D eigenvalue weighted by Crippen LogP contribution is -2.15. The van der Waals surface area contributed by atoms with Crippen LogP contribution >= 0.6 is 0 Å². The monoisotopic (exact) mass is 389 g/mol. The van der Waals surface area contributed by atoms with E-state index in [2.05, 4.69) is 17.1 Å². The van der Waals surface area contributed by atoms with Crippen molar-refractivity contribution < 1.29 is 19.4 Å². The van der Waals surface area contributed by atoms with Crippen LogP contribution in [0.2, 0.25) is 0 Å². The van der Waals surface area contributed by atoms with Gasteiger partial charge in [-0.2, -0.15) is 0 Å². The number of aliphatic hydroxyl groups is 1. The molecule has 5 nitrogen and oxygen atoms in total. The molecule has 0 bridgehead atoms. The van der Waals surface area contributed by atoms with Crippen molar-refractivity contribution in [2.24, 2.45) is 0 Å². The first kappa shape index (κ1) is 19.2. The van der Waals surface area contributed by atoms with Crippen molar-refractivity contribution in [3.05, 3.63) is 81.7 Å². The molecule has 0 spiro atoms. The van der Waals surface area contributed by atoms with Gasteiger partial charge in [-0.15, -0.1) is 0 Å². The third kappa shape index (κ3) is 3.38. The number of ketones is 1. The van der Waals surface area contributed by atoms with Crippen LogP contribution in [-0.4, -0.2) is 28.4 Å². The van der Waals surface area contributed by atoms with Crippen LogP contribution in [0.4, 0.5) is 0 Å². The second kappa shape index (κ2) is 7.33. The Kier molecular flexibility index (Phi) is 4.84. The van der Waals surface area contributed by atoms with E-state index in [-0.39, 0.29) is 18.1 Å². The van der Waals surface area contributed by atoms with E-state index in [9.17, 15) is 14.7 Å². The molecule has 148 valence electrons. The highest BCUT2D eigenvalue weighted by Gasteiger charge is 2.23. The maximum atomic E-state index is 12.6. The summed E-state index contributed by atoms with van der Waals surface area (Å²) in [5, 5.41) is 9.87. The quantitative estimate of drug-likeness (QED) is 0.394. The maximum absolute atomic E-state index is 12.6. The molecule has 1 aliphatic carbocycles. The molecule has 4 rings (SSSR count). The highest BCUT2D eigenvalue weighted by atomic mass is 16.5. The predicted molar refractivity (Wildman–Crippen MR) is 110 cm³/mol. The molecule has 0 unspecified atom stereocenters. The van der Waals surface area contributed by atoms with E-state index in [1.165, 1.54) is 11.1 Å². The zero-order valence-electron chi connectivity index (χ0n) is 16.7. The number of hydrogen-bond acceptors (Lipinski definition) is 4. The maximum Gasteiger partial charge on any atom is 0.355 e. The van der Waals surface area contributed by atoms with Gasteiger partial charge in [0.2, 0.25) is 0 Å². The number of esters is 1. The molecule has 1 aromatic heterocycles. The van der Waals surface area contributed by atoms with E-state index >= 15 is 0 Å². The first-order valence-corrected chi connectivity index (χ1v) is 9.65. The number of H-pyrrole nitrogens is 1. The third-order valence-corrected chi connectivity index (χ3v) is 5.57. The zero-order chi connectivity index (χ0) is 20.7. The van der Waals surface area contributed by atoms with E-state index in [1.807, 2.05) is 24.3 Å². The molecule has 29 heavy (non-hydrogen) atoms. The van der Waals surface area contributed by atoms with E-state index < -0.39 is 12.1 Å². The van der Waals surface area contributed by atoms with Gasteiger partial charge in [0.25, 0.3) is 0 Å². The molecule has 0 saturated heterocycles. The van der Waals surface area contributed by atoms with Crippen molar-refractivity contribution in [3.8, 4) is 11.1 Å². The summed E-state index contributed by atoms with van der Waals surface area (Å²) in [5.74, 6) is -0.848. The summed E-state index contributed by atoms with van der Waals surface area (Å²) in [6.07, 6.45) is 0.176. The number of rotatable bonds is 5. The van der Waals surface area contributed by atoms with Gasteiger partial charge in [0, 0.05) is 16.8 Å². The Morgan fingerprint density at radius 1 is 1.10 bits per heavy atom. The summed E-state index contributed by atoms with van der Waals surface area (Å²) in [6.45, 7) is 4.86. The molecule has 3 aromatic rings. The molecule has 1 heterocycles. The van der Waals surface area contributed by atoms with Crippen LogP contribution in [0.5, 0.6) is 0 Å². The molecule has 0 aliphatic heterocycles. The summed E-state index contributed by atoms with van der Waals surface area (Å²) in [7, 11) is 0. The minimum atomic E-state index is -0.691. The minimum absolute atomic E-state index is 0.248. The van der Waals surface area contributed by atoms with Crippen LogP contribution in [0.25, 0.3) is 11.1 Å². The average Bonchev–Trinajstić information content (AvgIpc) is 3.22. The zero-order valence-corrected chi connectivity index (χ0v) is 16.7. The first-order valence-electron chi connectivity index (χ1n) is 9.65. The Hall–Kier alpha value is -3.18. The fraction of sp³-hybridized carbons (Fsp3) is 0.250. The number of aromatic nitrogens is 1. The molecule has 0 fully saturated rings. The summed E-state index contributed by atoms with van der Waals surface area (Å²) in [6, 6.07) is 13.8. The van der Waals surface area contributed by atoms with Gasteiger partial charge in [-0.05, 0) is 61.1 Å². The molecular formula is C24H23NO4. The second-order valence-electron chi connectivity index (χ2n) is 7.54. The topological polar surface area (TPSA) is 79.4 Å². The Labute approximate surface area is 169 Å². The lowest BCUT2D eigenvalue weighted by molar-refractivity contribution is 0.0468. The van der Waals surface area contributed by atoms with Gasteiger partial charge < -0.3 is 14.8 Å². The molecule has 5 heteroatoms. The normalized spacial score (nSPS) is 13.0. The standard InChI is InChI=1S/C24H23NO4/c1-13-22(15(3)26)14(2)25-23(13)24(28)29-12-21(27)18-9-8-17-10-16-6-4-5-7-19(16)20(17)11-18/h4-9,11,15,25-26H,10,12H2,1-3H3/t15-/m0/s1. The number of carbonyl (C=O) groups is 2. The molecule has 0 radical (unpaired) electrons. The van der Waals surface area contributed by atoms with Crippen LogP contribution in [-0.2, 0) is 11.2 Å². The Balaban J connectivity index is 1.49. The number of hydrogen-bond donors (Lipinski definition) is 2. The average molecular weight is 389 g/mol. The first-order chi connectivity index (χ1) is 13.9. The number of fused-ring (bicyclic) bond motifs is 3. The Morgan fingerprint density at radius 3 is 2.55 bits per heavy atom. The number of aryl methyl sites for hydroxylation is 1. The van der Waals surface area contributed by atoms with Crippen molar-refractivity contribution in [2.45, 2.75) is 33.3 Å². The number of Topliss-reactive ketones (excluding diaryl/α,β-unsaturated/α-hetero) is 1. The highest BCUT2D eigenvalue weighted by Crippen LogP contribution is 2.36. The SMILES string of the molecule is Cc1[nH]c(C(=O)OCC(=O)c2ccc3c(c2)-c2ccccc2C3)c(C)c1[C@H](C)O. The molecule has 2 N–H and O–H groups in total. The lowest BCUT2D eigenvalue weighted by atomic mass is 10.0. The third-order valence-electron chi connectivity index (χ3n) is 5.57. The van der Waals surface area contributed by atoms with Crippen molar-refractivity contribution in [1.82, 2.24) is 4.98 Å². The number of carbonyl (C=O) groups excluding carboxylic acids is 2. The van der Waals surface area contributed by atoms with Gasteiger partial charge in [-0.3, -0.25) is 4.79 Å². The Bertz CT molecular complexity index is 1120. The van der Waals surface area contributed by atoms with E-state index in [0.29, 0.717) is 22.4 Å². The number of aliphatic hydroxyl groups excluding tert-OH is 1. The Morgan fingerprint density at radius 2 is 1.83 bits per heavy atom. The fourth-order valence-electron chi connectivity index (χ4n) is 4.18. The number of nitrogens with one attached hydrogen (secondary N) is 1. The van der Waals surface area contributed by atoms with E-state index in [1.54, 1.807) is 26.8 Å². The number of benzene rings is 2. The number of aromatic amines is 1. The summed E-state index contributed by atoms with van der Waals surface area (Å²) < 4.78 is 5.26. The molecule has 1 aliphatic rings. The smallest absolute Gasteiger partial charge is 0.355 e. The van der Waals surface area contributed by atoms with Crippen molar-refractivity contribution in [1.29, 1.82) is 0 Å². The van der Waals surface area contributed by atoms with Crippen LogP contribution in [0, 0.1) is 13.8 Å². The van der Waals surface area contributed by atoms with Gasteiger partial charge in [0.05, 0.1) is 6.10 Å². The largest absolute Gasteiger partial charge is 0.453 e. The van der Waals surface area contributed by atoms with Gasteiger partial charge in [0.1, 0.15) is 5.69 Å². The number of ether oxygens (including phenoxy) is 1. The van der Waals surface area contributed by atoms with Gasteiger partial charge in [-0.1, -0.05) is 36.4 Å². The highest BCUT2D eigenvalue weighted by molar-refractivity contribution is 6.00.